The van der Waals surface area contributed by atoms with Gasteiger partial charge < -0.3 is 19.5 Å². The van der Waals surface area contributed by atoms with E-state index in [1.165, 1.54) is 0 Å². The Bertz CT molecular complexity index is 471. The fourth-order valence-corrected chi connectivity index (χ4v) is 1.76. The van der Waals surface area contributed by atoms with Crippen LogP contribution in [-0.2, 0) is 11.3 Å². The van der Waals surface area contributed by atoms with Crippen LogP contribution >= 0.6 is 0 Å². The second kappa shape index (κ2) is 5.48. The molecule has 1 aromatic rings. The highest BCUT2D eigenvalue weighted by Crippen LogP contribution is 2.38. The van der Waals surface area contributed by atoms with Crippen molar-refractivity contribution in [3.63, 3.8) is 0 Å². The Hall–Kier alpha value is -1.75. The Kier molecular flexibility index (Phi) is 3.95. The molecule has 1 aliphatic rings. The van der Waals surface area contributed by atoms with E-state index in [2.05, 4.69) is 5.32 Å². The number of ether oxygens (including phenoxy) is 3. The summed E-state index contributed by atoms with van der Waals surface area (Å²) in [5.74, 6) is 0.277. The molecule has 0 unspecified atom stereocenters. The number of carbonyl (C=O) groups excluding carboxylic acids is 1. The molecule has 0 atom stereocenters. The van der Waals surface area contributed by atoms with Gasteiger partial charge in [-0.25, -0.2) is 4.79 Å². The van der Waals surface area contributed by atoms with Crippen LogP contribution in [0.25, 0.3) is 0 Å². The van der Waals surface area contributed by atoms with E-state index in [1.807, 2.05) is 32.9 Å². The summed E-state index contributed by atoms with van der Waals surface area (Å²) in [5.41, 5.74) is 0.875. The van der Waals surface area contributed by atoms with E-state index in [0.717, 1.165) is 12.0 Å². The topological polar surface area (TPSA) is 56.8 Å². The number of amides is 1. The Morgan fingerprint density at radius 2 is 2.26 bits per heavy atom. The zero-order valence-electron chi connectivity index (χ0n) is 11.5. The van der Waals surface area contributed by atoms with Gasteiger partial charge in [0, 0.05) is 26.0 Å². The molecule has 1 aliphatic heterocycles. The van der Waals surface area contributed by atoms with Gasteiger partial charge in [-0.1, -0.05) is 19.1 Å². The van der Waals surface area contributed by atoms with Crippen LogP contribution in [0.15, 0.2) is 18.2 Å². The molecule has 0 fully saturated rings. The van der Waals surface area contributed by atoms with E-state index in [0.29, 0.717) is 24.7 Å². The third kappa shape index (κ3) is 3.38. The third-order valence-corrected chi connectivity index (χ3v) is 2.71. The first kappa shape index (κ1) is 13.7. The van der Waals surface area contributed by atoms with E-state index >= 15 is 0 Å². The molecule has 0 bridgehead atoms. The minimum Gasteiger partial charge on any atom is -0.459 e. The summed E-state index contributed by atoms with van der Waals surface area (Å²) < 4.78 is 16.5. The predicted molar refractivity (Wildman–Crippen MR) is 70.3 cm³/mol. The zero-order chi connectivity index (χ0) is 13.9. The second-order valence-corrected chi connectivity index (χ2v) is 4.85. The van der Waals surface area contributed by atoms with Gasteiger partial charge in [0.2, 0.25) is 5.79 Å². The lowest BCUT2D eigenvalue weighted by molar-refractivity contribution is -0.180. The highest BCUT2D eigenvalue weighted by Gasteiger charge is 2.30. The van der Waals surface area contributed by atoms with E-state index in [9.17, 15) is 4.79 Å². The summed E-state index contributed by atoms with van der Waals surface area (Å²) in [4.78, 5) is 11.6. The maximum Gasteiger partial charge on any atom is 0.412 e. The average molecular weight is 265 g/mol. The van der Waals surface area contributed by atoms with Crippen molar-refractivity contribution in [1.29, 1.82) is 0 Å². The molecule has 1 amide bonds. The molecule has 1 aromatic carbocycles. The molecule has 0 aliphatic carbocycles. The Morgan fingerprint density at radius 1 is 1.47 bits per heavy atom. The number of rotatable bonds is 3. The molecule has 5 heteroatoms. The van der Waals surface area contributed by atoms with Crippen molar-refractivity contribution in [2.24, 2.45) is 0 Å². The summed E-state index contributed by atoms with van der Waals surface area (Å²) >= 11 is 0. The van der Waals surface area contributed by atoms with Gasteiger partial charge in [0.05, 0.1) is 6.61 Å². The molecular formula is C14H19NO4. The van der Waals surface area contributed by atoms with Gasteiger partial charge in [0.25, 0.3) is 0 Å². The second-order valence-electron chi connectivity index (χ2n) is 4.85. The summed E-state index contributed by atoms with van der Waals surface area (Å²) in [6.45, 7) is 6.65. The minimum atomic E-state index is -0.716. The predicted octanol–water partition coefficient (Wildman–Crippen LogP) is 2.83. The van der Waals surface area contributed by atoms with Gasteiger partial charge >= 0.3 is 6.09 Å². The van der Waals surface area contributed by atoms with E-state index in [4.69, 9.17) is 14.2 Å². The van der Waals surface area contributed by atoms with E-state index < -0.39 is 11.9 Å². The molecule has 5 nitrogen and oxygen atoms in total. The van der Waals surface area contributed by atoms with Crippen molar-refractivity contribution >= 4 is 6.09 Å². The van der Waals surface area contributed by atoms with Crippen molar-refractivity contribution in [2.75, 3.05) is 6.54 Å². The number of para-hydroxylation sites is 1. The van der Waals surface area contributed by atoms with Crippen molar-refractivity contribution in [3.05, 3.63) is 23.8 Å². The molecule has 1 heterocycles. The van der Waals surface area contributed by atoms with Crippen molar-refractivity contribution in [1.82, 2.24) is 5.32 Å². The fourth-order valence-electron chi connectivity index (χ4n) is 1.76. The van der Waals surface area contributed by atoms with Crippen molar-refractivity contribution < 1.29 is 19.0 Å². The van der Waals surface area contributed by atoms with Crippen LogP contribution in [0.4, 0.5) is 4.79 Å². The van der Waals surface area contributed by atoms with E-state index in [-0.39, 0.29) is 0 Å². The molecule has 104 valence electrons. The zero-order valence-corrected chi connectivity index (χ0v) is 11.5. The number of hydrogen-bond donors (Lipinski definition) is 1. The van der Waals surface area contributed by atoms with Gasteiger partial charge in [0.15, 0.2) is 11.5 Å². The van der Waals surface area contributed by atoms with Crippen molar-refractivity contribution in [2.45, 2.75) is 39.6 Å². The quantitative estimate of drug-likeness (QED) is 0.913. The number of benzene rings is 1. The number of hydrogen-bond acceptors (Lipinski definition) is 4. The van der Waals surface area contributed by atoms with Crippen LogP contribution in [0.5, 0.6) is 11.5 Å². The van der Waals surface area contributed by atoms with Gasteiger partial charge in [-0.15, -0.1) is 0 Å². The van der Waals surface area contributed by atoms with Crippen LogP contribution in [0.3, 0.4) is 0 Å². The monoisotopic (exact) mass is 265 g/mol. The average Bonchev–Trinajstić information content (AvgIpc) is 2.36. The summed E-state index contributed by atoms with van der Waals surface area (Å²) in [6.07, 6.45) is 0.391. The normalized spacial score (nSPS) is 16.2. The van der Waals surface area contributed by atoms with Crippen LogP contribution < -0.4 is 14.8 Å². The molecule has 0 radical (unpaired) electrons. The SMILES string of the molecule is CCCNC(=O)Oc1cccc2c1OC(C)(C)OC2. The highest BCUT2D eigenvalue weighted by atomic mass is 16.7. The smallest absolute Gasteiger partial charge is 0.412 e. The summed E-state index contributed by atoms with van der Waals surface area (Å²) in [7, 11) is 0. The van der Waals surface area contributed by atoms with Crippen LogP contribution in [0.2, 0.25) is 0 Å². The third-order valence-electron chi connectivity index (χ3n) is 2.71. The van der Waals surface area contributed by atoms with Gasteiger partial charge in [-0.05, 0) is 12.5 Å². The first-order valence-corrected chi connectivity index (χ1v) is 6.42. The maximum absolute atomic E-state index is 11.6. The molecule has 0 aromatic heterocycles. The largest absolute Gasteiger partial charge is 0.459 e. The number of fused-ring (bicyclic) bond motifs is 1. The van der Waals surface area contributed by atoms with Crippen LogP contribution in [0, 0.1) is 0 Å². The fraction of sp³-hybridized carbons (Fsp3) is 0.500. The molecule has 0 spiro atoms. The number of carbonyl (C=O) groups is 1. The molecule has 0 saturated carbocycles. The van der Waals surface area contributed by atoms with Gasteiger partial charge in [0.1, 0.15) is 0 Å². The number of nitrogens with one attached hydrogen (secondary N) is 1. The molecule has 0 saturated heterocycles. The standard InChI is InChI=1S/C14H19NO4/c1-4-8-15-13(16)18-11-7-5-6-10-9-17-14(2,3)19-12(10)11/h5-7H,4,8-9H2,1-3H3,(H,15,16). The van der Waals surface area contributed by atoms with Crippen LogP contribution in [-0.4, -0.2) is 18.4 Å². The first-order valence-electron chi connectivity index (χ1n) is 6.42. The molecular weight excluding hydrogens is 246 g/mol. The lowest BCUT2D eigenvalue weighted by Crippen LogP contribution is -2.36. The Morgan fingerprint density at radius 3 is 3.00 bits per heavy atom. The summed E-state index contributed by atoms with van der Waals surface area (Å²) in [6, 6.07) is 5.42. The molecule has 2 rings (SSSR count). The van der Waals surface area contributed by atoms with Crippen molar-refractivity contribution in [3.8, 4) is 11.5 Å². The Balaban J connectivity index is 2.16. The van der Waals surface area contributed by atoms with Gasteiger partial charge in [-0.3, -0.25) is 0 Å². The minimum absolute atomic E-state index is 0.419. The molecule has 1 N–H and O–H groups in total. The van der Waals surface area contributed by atoms with Gasteiger partial charge in [-0.2, -0.15) is 0 Å². The lowest BCUT2D eigenvalue weighted by atomic mass is 10.1. The Labute approximate surface area is 112 Å². The molecule has 19 heavy (non-hydrogen) atoms. The highest BCUT2D eigenvalue weighted by molar-refractivity contribution is 5.71. The first-order chi connectivity index (χ1) is 9.02. The lowest BCUT2D eigenvalue weighted by Gasteiger charge is -2.33. The van der Waals surface area contributed by atoms with Crippen LogP contribution in [0.1, 0.15) is 32.8 Å². The van der Waals surface area contributed by atoms with E-state index in [1.54, 1.807) is 6.07 Å². The maximum atomic E-state index is 11.6. The summed E-state index contributed by atoms with van der Waals surface area (Å²) in [5, 5.41) is 2.66.